The molecule has 2 heterocycles. The Labute approximate surface area is 213 Å². The minimum atomic E-state index is -4.78. The van der Waals surface area contributed by atoms with Crippen molar-refractivity contribution in [3.05, 3.63) is 53.1 Å². The topological polar surface area (TPSA) is 59.5 Å². The number of ether oxygens (including phenoxy) is 2. The number of aryl methyl sites for hydroxylation is 1. The van der Waals surface area contributed by atoms with Crippen LogP contribution in [0.2, 0.25) is 0 Å². The fourth-order valence-corrected chi connectivity index (χ4v) is 5.31. The van der Waals surface area contributed by atoms with E-state index >= 15 is 0 Å². The first-order valence-corrected chi connectivity index (χ1v) is 12.3. The number of alkyl halides is 3. The number of likely N-dealkylation sites (tertiary alicyclic amines) is 1. The Bertz CT molecular complexity index is 1330. The van der Waals surface area contributed by atoms with Crippen LogP contribution in [0, 0.1) is 18.2 Å². The van der Waals surface area contributed by atoms with Crippen LogP contribution in [0.3, 0.4) is 0 Å². The fraction of sp³-hybridized carbons (Fsp3) is 0.481. The molecule has 3 aromatic rings. The van der Waals surface area contributed by atoms with Gasteiger partial charge in [0.15, 0.2) is 11.5 Å². The number of fused-ring (bicyclic) bond motifs is 1. The summed E-state index contributed by atoms with van der Waals surface area (Å²) in [4.78, 5) is 11.3. The molecule has 2 fully saturated rings. The monoisotopic (exact) mass is 518 g/mol. The quantitative estimate of drug-likeness (QED) is 0.379. The second kappa shape index (κ2) is 9.31. The van der Waals surface area contributed by atoms with E-state index in [1.807, 2.05) is 0 Å². The van der Waals surface area contributed by atoms with Gasteiger partial charge in [-0.25, -0.2) is 14.4 Å². The highest BCUT2D eigenvalue weighted by Crippen LogP contribution is 2.54. The highest BCUT2D eigenvalue weighted by atomic mass is 19.4. The fourth-order valence-electron chi connectivity index (χ4n) is 5.31. The van der Waals surface area contributed by atoms with E-state index in [0.29, 0.717) is 52.1 Å². The van der Waals surface area contributed by atoms with E-state index in [2.05, 4.69) is 27.2 Å². The molecule has 0 radical (unpaired) electrons. The lowest BCUT2D eigenvalue weighted by molar-refractivity contribution is -0.140. The summed E-state index contributed by atoms with van der Waals surface area (Å²) in [5, 5.41) is 3.68. The van der Waals surface area contributed by atoms with Gasteiger partial charge in [0.25, 0.3) is 0 Å². The van der Waals surface area contributed by atoms with E-state index in [1.165, 1.54) is 25.0 Å². The maximum atomic E-state index is 14.8. The molecule has 1 saturated carbocycles. The molecule has 2 atom stereocenters. The molecule has 0 amide bonds. The van der Waals surface area contributed by atoms with Gasteiger partial charge >= 0.3 is 6.18 Å². The first-order valence-electron chi connectivity index (χ1n) is 12.3. The Morgan fingerprint density at radius 3 is 2.59 bits per heavy atom. The number of hydrogen-bond acceptors (Lipinski definition) is 6. The summed E-state index contributed by atoms with van der Waals surface area (Å²) in [6, 6.07) is 6.30. The molecular weight excluding hydrogens is 488 g/mol. The molecule has 1 aliphatic heterocycles. The van der Waals surface area contributed by atoms with Crippen molar-refractivity contribution in [2.24, 2.45) is 5.41 Å². The highest BCUT2D eigenvalue weighted by Gasteiger charge is 2.50. The van der Waals surface area contributed by atoms with Gasteiger partial charge in [0.1, 0.15) is 24.1 Å². The van der Waals surface area contributed by atoms with E-state index in [-0.39, 0.29) is 5.56 Å². The number of likely N-dealkylation sites (N-methyl/N-ethyl adjacent to an activating group) is 1. The largest absolute Gasteiger partial charge is 0.493 e. The van der Waals surface area contributed by atoms with Crippen LogP contribution in [-0.4, -0.2) is 48.2 Å². The van der Waals surface area contributed by atoms with E-state index in [1.54, 1.807) is 33.1 Å². The average molecular weight is 519 g/mol. The van der Waals surface area contributed by atoms with Gasteiger partial charge in [0, 0.05) is 29.6 Å². The maximum absolute atomic E-state index is 14.8. The molecule has 2 aliphatic rings. The van der Waals surface area contributed by atoms with Crippen LogP contribution in [0.15, 0.2) is 30.3 Å². The zero-order valence-corrected chi connectivity index (χ0v) is 21.2. The van der Waals surface area contributed by atoms with Crippen molar-refractivity contribution in [3.63, 3.8) is 0 Å². The number of benzene rings is 2. The molecule has 10 heteroatoms. The van der Waals surface area contributed by atoms with Crippen LogP contribution in [0.1, 0.15) is 49.2 Å². The Kier molecular flexibility index (Phi) is 6.42. The van der Waals surface area contributed by atoms with Crippen molar-refractivity contribution in [3.8, 4) is 11.5 Å². The van der Waals surface area contributed by atoms with Crippen molar-refractivity contribution >= 4 is 16.7 Å². The Hall–Kier alpha value is -3.14. The lowest BCUT2D eigenvalue weighted by Gasteiger charge is -2.22. The van der Waals surface area contributed by atoms with E-state index in [0.717, 1.165) is 19.0 Å². The lowest BCUT2D eigenvalue weighted by atomic mass is 10.0. The zero-order chi connectivity index (χ0) is 26.5. The van der Waals surface area contributed by atoms with Crippen LogP contribution < -0.4 is 14.8 Å². The summed E-state index contributed by atoms with van der Waals surface area (Å²) >= 11 is 0. The third-order valence-corrected chi connectivity index (χ3v) is 7.51. The molecule has 6 nitrogen and oxygen atoms in total. The predicted molar refractivity (Wildman–Crippen MR) is 132 cm³/mol. The summed E-state index contributed by atoms with van der Waals surface area (Å²) in [7, 11) is 3.67. The first-order chi connectivity index (χ1) is 17.5. The van der Waals surface area contributed by atoms with Crippen molar-refractivity contribution < 1.29 is 27.0 Å². The summed E-state index contributed by atoms with van der Waals surface area (Å²) in [6.07, 6.45) is -1.14. The Morgan fingerprint density at radius 2 is 1.95 bits per heavy atom. The summed E-state index contributed by atoms with van der Waals surface area (Å²) in [5.41, 5.74) is -0.380. The minimum Gasteiger partial charge on any atom is -0.493 e. The summed E-state index contributed by atoms with van der Waals surface area (Å²) in [6.45, 7) is 4.88. The van der Waals surface area contributed by atoms with Gasteiger partial charge in [-0.3, -0.25) is 4.90 Å². The lowest BCUT2D eigenvalue weighted by Crippen LogP contribution is -2.30. The average Bonchev–Trinajstić information content (AvgIpc) is 3.50. The summed E-state index contributed by atoms with van der Waals surface area (Å²) in [5.74, 6) is 0.563. The number of aromatic nitrogens is 2. The third kappa shape index (κ3) is 5.03. The van der Waals surface area contributed by atoms with Gasteiger partial charge in [-0.15, -0.1) is 0 Å². The van der Waals surface area contributed by atoms with Gasteiger partial charge in [-0.2, -0.15) is 13.2 Å². The predicted octanol–water partition coefficient (Wildman–Crippen LogP) is 6.14. The molecule has 0 bridgehead atoms. The minimum absolute atomic E-state index is 0.109. The summed E-state index contributed by atoms with van der Waals surface area (Å²) < 4.78 is 66.3. The number of nitrogens with zero attached hydrogens (tertiary/aromatic N) is 3. The first kappa shape index (κ1) is 25.5. The molecule has 1 saturated heterocycles. The van der Waals surface area contributed by atoms with Gasteiger partial charge in [0.05, 0.1) is 24.2 Å². The standard InChI is InChI=1S/C27H30F4N4O2/c1-15(18-6-5-7-20(24(18)28)27(29,30)31)32-25-19-10-23(22(36-4)11-21(19)33-16(2)34-25)37-13-17-12-26(8-9-26)14-35(17)3/h5-7,10-11,15,17H,8-9,12-14H2,1-4H3,(H,32,33,34)/t15-,17+/m1/s1. The second-order valence-electron chi connectivity index (χ2n) is 10.3. The molecule has 5 rings (SSSR count). The van der Waals surface area contributed by atoms with Crippen LogP contribution >= 0.6 is 0 Å². The molecule has 1 aliphatic carbocycles. The third-order valence-electron chi connectivity index (χ3n) is 7.51. The smallest absolute Gasteiger partial charge is 0.419 e. The number of nitrogens with one attached hydrogen (secondary N) is 1. The van der Waals surface area contributed by atoms with E-state index in [9.17, 15) is 17.6 Å². The van der Waals surface area contributed by atoms with Crippen molar-refractivity contribution in [1.82, 2.24) is 14.9 Å². The van der Waals surface area contributed by atoms with E-state index in [4.69, 9.17) is 9.47 Å². The molecule has 198 valence electrons. The van der Waals surface area contributed by atoms with Crippen molar-refractivity contribution in [2.45, 2.75) is 51.4 Å². The Morgan fingerprint density at radius 1 is 1.19 bits per heavy atom. The van der Waals surface area contributed by atoms with Crippen LogP contribution in [-0.2, 0) is 6.18 Å². The second-order valence-corrected chi connectivity index (χ2v) is 10.3. The Balaban J connectivity index is 1.44. The molecular formula is C27H30F4N4O2. The molecule has 1 spiro atoms. The van der Waals surface area contributed by atoms with E-state index < -0.39 is 23.6 Å². The van der Waals surface area contributed by atoms with Crippen LogP contribution in [0.5, 0.6) is 11.5 Å². The molecule has 0 unspecified atom stereocenters. The van der Waals surface area contributed by atoms with Crippen molar-refractivity contribution in [2.75, 3.05) is 32.6 Å². The number of rotatable bonds is 7. The van der Waals surface area contributed by atoms with Crippen LogP contribution in [0.25, 0.3) is 10.9 Å². The number of hydrogen-bond donors (Lipinski definition) is 1. The maximum Gasteiger partial charge on any atom is 0.419 e. The number of anilines is 1. The van der Waals surface area contributed by atoms with Crippen LogP contribution in [0.4, 0.5) is 23.4 Å². The normalized spacial score (nSPS) is 19.8. The molecule has 2 aromatic carbocycles. The number of methoxy groups -OCH3 is 1. The molecule has 1 aromatic heterocycles. The zero-order valence-electron chi connectivity index (χ0n) is 21.2. The van der Waals surface area contributed by atoms with Crippen molar-refractivity contribution in [1.29, 1.82) is 0 Å². The number of halogens is 4. The van der Waals surface area contributed by atoms with Gasteiger partial charge in [-0.1, -0.05) is 12.1 Å². The highest BCUT2D eigenvalue weighted by molar-refractivity contribution is 5.92. The van der Waals surface area contributed by atoms with Gasteiger partial charge in [0.2, 0.25) is 0 Å². The van der Waals surface area contributed by atoms with Gasteiger partial charge < -0.3 is 14.8 Å². The molecule has 1 N–H and O–H groups in total. The molecule has 37 heavy (non-hydrogen) atoms. The SMILES string of the molecule is COc1cc2nc(C)nc(N[C@H](C)c3cccc(C(F)(F)F)c3F)c2cc1OC[C@@H]1CC2(CC2)CN1C. The van der Waals surface area contributed by atoms with Gasteiger partial charge in [-0.05, 0) is 57.7 Å².